The van der Waals surface area contributed by atoms with E-state index in [1.807, 2.05) is 53.8 Å². The second kappa shape index (κ2) is 17.9. The van der Waals surface area contributed by atoms with E-state index in [0.717, 1.165) is 46.5 Å². The molecular formula is C41H38F3N3O11. The van der Waals surface area contributed by atoms with Crippen LogP contribution in [0.3, 0.4) is 0 Å². The second-order valence-corrected chi connectivity index (χ2v) is 13.6. The number of hydrogen-bond acceptors (Lipinski definition) is 11. The molecule has 17 heteroatoms. The van der Waals surface area contributed by atoms with E-state index in [-0.39, 0.29) is 30.4 Å². The summed E-state index contributed by atoms with van der Waals surface area (Å²) in [6.45, 7) is 2.52. The number of nitrogens with zero attached hydrogens (tertiary/aromatic N) is 1. The lowest BCUT2D eigenvalue weighted by molar-refractivity contribution is -0.384. The van der Waals surface area contributed by atoms with Gasteiger partial charge in [0.15, 0.2) is 12.3 Å². The number of carbonyl (C=O) groups is 4. The highest BCUT2D eigenvalue weighted by atomic mass is 19.4. The molecule has 6 rings (SSSR count). The van der Waals surface area contributed by atoms with Gasteiger partial charge in [0, 0.05) is 24.5 Å². The molecule has 0 unspecified atom stereocenters. The Balaban J connectivity index is 1.16. The van der Waals surface area contributed by atoms with E-state index in [9.17, 15) is 42.5 Å². The molecular weight excluding hydrogens is 767 g/mol. The fourth-order valence-corrected chi connectivity index (χ4v) is 6.88. The molecule has 4 aromatic carbocycles. The van der Waals surface area contributed by atoms with Gasteiger partial charge in [0.1, 0.15) is 19.3 Å². The number of hydrogen-bond donors (Lipinski definition) is 2. The van der Waals surface area contributed by atoms with E-state index in [2.05, 4.69) is 5.32 Å². The summed E-state index contributed by atoms with van der Waals surface area (Å²) < 4.78 is 68.9. The number of amides is 2. The summed E-state index contributed by atoms with van der Waals surface area (Å²) in [6, 6.07) is 25.4. The first-order valence-corrected chi connectivity index (χ1v) is 18.2. The van der Waals surface area contributed by atoms with Gasteiger partial charge in [0.2, 0.25) is 0 Å². The third-order valence-electron chi connectivity index (χ3n) is 9.73. The average Bonchev–Trinajstić information content (AvgIpc) is 3.52. The molecule has 6 atom stereocenters. The summed E-state index contributed by atoms with van der Waals surface area (Å²) in [6.07, 6.45) is -12.2. The molecule has 2 amide bonds. The molecule has 0 saturated carbocycles. The summed E-state index contributed by atoms with van der Waals surface area (Å²) in [5.41, 5.74) is 4.11. The van der Waals surface area contributed by atoms with Crippen LogP contribution in [-0.4, -0.2) is 78.3 Å². The molecule has 304 valence electrons. The Kier molecular flexibility index (Phi) is 12.7. The van der Waals surface area contributed by atoms with Crippen LogP contribution in [0.25, 0.3) is 11.1 Å². The summed E-state index contributed by atoms with van der Waals surface area (Å²) in [7, 11) is 0. The van der Waals surface area contributed by atoms with Crippen molar-refractivity contribution >= 4 is 29.6 Å². The van der Waals surface area contributed by atoms with Gasteiger partial charge < -0.3 is 34.3 Å². The third-order valence-corrected chi connectivity index (χ3v) is 9.73. The largest absolute Gasteiger partial charge is 0.471 e. The van der Waals surface area contributed by atoms with E-state index in [1.165, 1.54) is 13.8 Å². The number of non-ortho nitro benzene ring substituents is 1. The molecule has 1 saturated heterocycles. The Bertz CT molecular complexity index is 2090. The molecule has 2 N–H and O–H groups in total. The molecule has 1 heterocycles. The van der Waals surface area contributed by atoms with Crippen molar-refractivity contribution in [1.82, 2.24) is 10.6 Å². The number of esters is 2. The number of benzene rings is 4. The Morgan fingerprint density at radius 1 is 0.879 bits per heavy atom. The molecule has 14 nitrogen and oxygen atoms in total. The second-order valence-electron chi connectivity index (χ2n) is 13.6. The van der Waals surface area contributed by atoms with Crippen LogP contribution in [0.15, 0.2) is 103 Å². The first-order chi connectivity index (χ1) is 27.7. The van der Waals surface area contributed by atoms with E-state index in [1.54, 1.807) is 30.3 Å². The molecule has 0 radical (unpaired) electrons. The number of alkyl carbamates (subject to hydrolysis) is 1. The van der Waals surface area contributed by atoms with Crippen LogP contribution in [0.5, 0.6) is 0 Å². The molecule has 1 aliphatic heterocycles. The number of carbonyl (C=O) groups excluding carboxylic acids is 4. The predicted octanol–water partition coefficient (Wildman–Crippen LogP) is 6.36. The minimum atomic E-state index is -5.31. The van der Waals surface area contributed by atoms with Crippen LogP contribution < -0.4 is 10.6 Å². The minimum Gasteiger partial charge on any atom is -0.459 e. The number of nitro benzene ring substituents is 1. The van der Waals surface area contributed by atoms with Crippen molar-refractivity contribution in [3.05, 3.63) is 135 Å². The number of halogens is 3. The number of fused-ring (bicyclic) bond motifs is 3. The van der Waals surface area contributed by atoms with E-state index in [4.69, 9.17) is 23.7 Å². The van der Waals surface area contributed by atoms with E-state index < -0.39 is 78.1 Å². The fraction of sp³-hybridized carbons (Fsp3) is 0.317. The Morgan fingerprint density at radius 3 is 2.09 bits per heavy atom. The molecule has 2 aliphatic rings. The normalized spacial score (nSPS) is 19.7. The minimum absolute atomic E-state index is 0.0787. The van der Waals surface area contributed by atoms with Crippen LogP contribution in [0.4, 0.5) is 23.7 Å². The van der Waals surface area contributed by atoms with Gasteiger partial charge in [-0.05, 0) is 53.8 Å². The van der Waals surface area contributed by atoms with Crippen molar-refractivity contribution in [3.8, 4) is 11.1 Å². The van der Waals surface area contributed by atoms with E-state index in [0.29, 0.717) is 5.56 Å². The van der Waals surface area contributed by atoms with Crippen LogP contribution in [0.2, 0.25) is 0 Å². The fourth-order valence-electron chi connectivity index (χ4n) is 6.88. The molecule has 0 aromatic heterocycles. The monoisotopic (exact) mass is 805 g/mol. The van der Waals surface area contributed by atoms with Gasteiger partial charge in [-0.3, -0.25) is 14.9 Å². The van der Waals surface area contributed by atoms with Crippen molar-refractivity contribution in [1.29, 1.82) is 0 Å². The topological polar surface area (TPSA) is 182 Å². The maximum atomic E-state index is 13.6. The van der Waals surface area contributed by atoms with Crippen molar-refractivity contribution in [3.63, 3.8) is 0 Å². The van der Waals surface area contributed by atoms with E-state index >= 15 is 0 Å². The third kappa shape index (κ3) is 9.78. The number of nitrogens with one attached hydrogen (secondary N) is 2. The summed E-state index contributed by atoms with van der Waals surface area (Å²) in [5, 5.41) is 15.4. The number of nitro groups is 1. The predicted molar refractivity (Wildman–Crippen MR) is 198 cm³/mol. The summed E-state index contributed by atoms with van der Waals surface area (Å²) in [4.78, 5) is 62.4. The maximum Gasteiger partial charge on any atom is 0.471 e. The molecule has 0 spiro atoms. The molecule has 0 bridgehead atoms. The average molecular weight is 806 g/mol. The first-order valence-electron chi connectivity index (χ1n) is 18.2. The number of ether oxygens (including phenoxy) is 5. The zero-order valence-corrected chi connectivity index (χ0v) is 31.0. The summed E-state index contributed by atoms with van der Waals surface area (Å²) >= 11 is 0. The quantitative estimate of drug-likeness (QED) is 0.0664. The Morgan fingerprint density at radius 2 is 1.48 bits per heavy atom. The molecule has 4 aromatic rings. The van der Waals surface area contributed by atoms with Gasteiger partial charge >= 0.3 is 30.1 Å². The van der Waals surface area contributed by atoms with Gasteiger partial charge in [-0.2, -0.15) is 13.2 Å². The number of alkyl halides is 3. The van der Waals surface area contributed by atoms with Gasteiger partial charge in [0.25, 0.3) is 5.69 Å². The Hall–Kier alpha value is -6.33. The molecule has 58 heavy (non-hydrogen) atoms. The first kappa shape index (κ1) is 41.3. The lowest BCUT2D eigenvalue weighted by Gasteiger charge is -2.41. The molecule has 1 aliphatic carbocycles. The van der Waals surface area contributed by atoms with Crippen LogP contribution in [0, 0.1) is 10.1 Å². The van der Waals surface area contributed by atoms with Gasteiger partial charge in [-0.25, -0.2) is 14.4 Å². The highest BCUT2D eigenvalue weighted by molar-refractivity contribution is 5.90. The summed E-state index contributed by atoms with van der Waals surface area (Å²) in [5.74, 6) is -4.60. The van der Waals surface area contributed by atoms with Gasteiger partial charge in [0.05, 0.1) is 28.7 Å². The highest BCUT2D eigenvalue weighted by Gasteiger charge is 2.47. The highest BCUT2D eigenvalue weighted by Crippen LogP contribution is 2.44. The van der Waals surface area contributed by atoms with Crippen molar-refractivity contribution < 1.29 is 61.0 Å². The maximum absolute atomic E-state index is 13.6. The number of rotatable bonds is 13. The van der Waals surface area contributed by atoms with Crippen molar-refractivity contribution in [2.24, 2.45) is 0 Å². The zero-order valence-electron chi connectivity index (χ0n) is 31.0. The van der Waals surface area contributed by atoms with Crippen LogP contribution in [0.1, 0.15) is 53.2 Å². The Labute approximate surface area is 329 Å². The lowest BCUT2D eigenvalue weighted by Crippen LogP contribution is -2.59. The van der Waals surface area contributed by atoms with Crippen LogP contribution >= 0.6 is 0 Å². The standard InChI is InChI=1S/C41H38F3N3O11/c1-23(56-34-20-33(45-39(50)41(42,43)44)36(24(2)57-34)58-37(48)26-16-18-27(19-17-26)47(52)53)35(38(49)54-21-25-10-4-3-5-11-25)46-40(51)55-22-32-30-14-8-6-12-28(30)29-13-7-9-15-31(29)32/h3-19,23-24,32-36H,20-22H2,1-2H3,(H,45,50)(H,46,51)/t23-,24+,33+,34-,35+,36+/m1/s1. The van der Waals surface area contributed by atoms with Crippen LogP contribution in [-0.2, 0) is 39.9 Å². The SMILES string of the molecule is C[C@@H]1O[C@@H](O[C@H](C)[C@H](NC(=O)OCC2c3ccccc3-c3ccccc32)C(=O)OCc2ccccc2)C[C@H](NC(=O)C(F)(F)F)[C@H]1OC(=O)c1ccc([N+](=O)[O-])cc1. The van der Waals surface area contributed by atoms with Gasteiger partial charge in [-0.1, -0.05) is 78.9 Å². The van der Waals surface area contributed by atoms with Gasteiger partial charge in [-0.15, -0.1) is 0 Å². The lowest BCUT2D eigenvalue weighted by atomic mass is 9.98. The van der Waals surface area contributed by atoms with Crippen molar-refractivity contribution in [2.45, 2.75) is 75.7 Å². The molecule has 1 fully saturated rings. The smallest absolute Gasteiger partial charge is 0.459 e. The van der Waals surface area contributed by atoms with Crippen molar-refractivity contribution in [2.75, 3.05) is 6.61 Å². The zero-order chi connectivity index (χ0) is 41.6.